The van der Waals surface area contributed by atoms with Crippen molar-refractivity contribution in [3.8, 4) is 0 Å². The summed E-state index contributed by atoms with van der Waals surface area (Å²) in [7, 11) is 0. The van der Waals surface area contributed by atoms with Gasteiger partial charge in [-0.05, 0) is 17.7 Å². The lowest BCUT2D eigenvalue weighted by Gasteiger charge is -2.03. The quantitative estimate of drug-likeness (QED) is 0.919. The van der Waals surface area contributed by atoms with Gasteiger partial charge in [0.2, 0.25) is 0 Å². The number of hydrogen-bond donors (Lipinski definition) is 1. The highest BCUT2D eigenvalue weighted by atomic mass is 35.5. The highest BCUT2D eigenvalue weighted by Gasteiger charge is 2.05. The molecule has 0 aliphatic rings. The molecule has 0 amide bonds. The van der Waals surface area contributed by atoms with Gasteiger partial charge in [-0.1, -0.05) is 40.8 Å². The molecule has 15 heavy (non-hydrogen) atoms. The smallest absolute Gasteiger partial charge is 0.178 e. The molecule has 0 unspecified atom stereocenters. The molecule has 3 nitrogen and oxygen atoms in total. The fourth-order valence-corrected chi connectivity index (χ4v) is 2.81. The summed E-state index contributed by atoms with van der Waals surface area (Å²) in [5.41, 5.74) is 8.25. The normalized spacial score (nSPS) is 10.5. The van der Waals surface area contributed by atoms with Gasteiger partial charge in [-0.2, -0.15) is 0 Å². The first-order valence-electron chi connectivity index (χ1n) is 4.22. The van der Waals surface area contributed by atoms with Crippen LogP contribution in [-0.2, 0) is 6.54 Å². The number of nitrogens with two attached hydrogens (primary N) is 1. The van der Waals surface area contributed by atoms with Gasteiger partial charge in [0.1, 0.15) is 5.51 Å². The van der Waals surface area contributed by atoms with Crippen molar-refractivity contribution in [1.29, 1.82) is 0 Å². The molecule has 78 valence electrons. The number of halogens is 1. The van der Waals surface area contributed by atoms with E-state index in [0.717, 1.165) is 14.8 Å². The van der Waals surface area contributed by atoms with Gasteiger partial charge in [-0.3, -0.25) is 0 Å². The van der Waals surface area contributed by atoms with E-state index in [2.05, 4.69) is 10.2 Å². The predicted molar refractivity (Wildman–Crippen MR) is 63.4 cm³/mol. The molecule has 2 rings (SSSR count). The van der Waals surface area contributed by atoms with Crippen LogP contribution in [0, 0.1) is 0 Å². The Kier molecular flexibility index (Phi) is 3.58. The van der Waals surface area contributed by atoms with E-state index in [1.165, 1.54) is 23.1 Å². The van der Waals surface area contributed by atoms with Gasteiger partial charge in [0.15, 0.2) is 4.34 Å². The van der Waals surface area contributed by atoms with Crippen LogP contribution in [0.2, 0.25) is 5.02 Å². The monoisotopic (exact) mass is 257 g/mol. The van der Waals surface area contributed by atoms with Crippen molar-refractivity contribution in [2.45, 2.75) is 15.8 Å². The first-order valence-corrected chi connectivity index (χ1v) is 6.29. The average Bonchev–Trinajstić information content (AvgIpc) is 2.74. The van der Waals surface area contributed by atoms with Crippen LogP contribution in [0.15, 0.2) is 32.9 Å². The van der Waals surface area contributed by atoms with Gasteiger partial charge in [0.25, 0.3) is 0 Å². The molecule has 0 fully saturated rings. The minimum absolute atomic E-state index is 0.503. The van der Waals surface area contributed by atoms with Crippen LogP contribution in [0.5, 0.6) is 0 Å². The molecule has 1 aromatic carbocycles. The van der Waals surface area contributed by atoms with Crippen LogP contribution < -0.4 is 5.73 Å². The summed E-state index contributed by atoms with van der Waals surface area (Å²) in [5, 5.41) is 8.42. The Morgan fingerprint density at radius 2 is 2.33 bits per heavy atom. The third kappa shape index (κ3) is 2.69. The van der Waals surface area contributed by atoms with Crippen molar-refractivity contribution in [1.82, 2.24) is 10.2 Å². The second-order valence-electron chi connectivity index (χ2n) is 2.78. The molecule has 1 aromatic heterocycles. The summed E-state index contributed by atoms with van der Waals surface area (Å²) in [6.07, 6.45) is 0. The summed E-state index contributed by atoms with van der Waals surface area (Å²) >= 11 is 9.11. The van der Waals surface area contributed by atoms with Gasteiger partial charge in [0.05, 0.1) is 5.02 Å². The van der Waals surface area contributed by atoms with E-state index in [4.69, 9.17) is 17.3 Å². The zero-order chi connectivity index (χ0) is 10.7. The van der Waals surface area contributed by atoms with Gasteiger partial charge < -0.3 is 5.73 Å². The van der Waals surface area contributed by atoms with Crippen molar-refractivity contribution in [3.63, 3.8) is 0 Å². The minimum atomic E-state index is 0.503. The van der Waals surface area contributed by atoms with E-state index < -0.39 is 0 Å². The third-order valence-electron chi connectivity index (χ3n) is 1.77. The molecule has 0 saturated heterocycles. The number of hydrogen-bond acceptors (Lipinski definition) is 5. The zero-order valence-electron chi connectivity index (χ0n) is 7.68. The van der Waals surface area contributed by atoms with E-state index in [9.17, 15) is 0 Å². The topological polar surface area (TPSA) is 51.8 Å². The van der Waals surface area contributed by atoms with Gasteiger partial charge in [-0.25, -0.2) is 0 Å². The molecular formula is C9H8ClN3S2. The lowest BCUT2D eigenvalue weighted by Crippen LogP contribution is -1.95. The lowest BCUT2D eigenvalue weighted by molar-refractivity contribution is 1.01. The van der Waals surface area contributed by atoms with Gasteiger partial charge in [-0.15, -0.1) is 10.2 Å². The number of nitrogens with zero attached hydrogens (tertiary/aromatic N) is 2. The summed E-state index contributed by atoms with van der Waals surface area (Å²) in [4.78, 5) is 0.977. The van der Waals surface area contributed by atoms with E-state index in [1.807, 2.05) is 18.2 Å². The molecular weight excluding hydrogens is 250 g/mol. The Bertz CT molecular complexity index is 445. The molecule has 0 aliphatic heterocycles. The molecule has 2 aromatic rings. The van der Waals surface area contributed by atoms with E-state index >= 15 is 0 Å². The average molecular weight is 258 g/mol. The minimum Gasteiger partial charge on any atom is -0.326 e. The number of rotatable bonds is 3. The maximum absolute atomic E-state index is 6.11. The van der Waals surface area contributed by atoms with Crippen molar-refractivity contribution >= 4 is 34.7 Å². The number of aromatic nitrogens is 2. The molecule has 0 aliphatic carbocycles. The highest BCUT2D eigenvalue weighted by molar-refractivity contribution is 8.01. The summed E-state index contributed by atoms with van der Waals surface area (Å²) in [5.74, 6) is 0. The Hall–Kier alpha value is -0.620. The van der Waals surface area contributed by atoms with Crippen molar-refractivity contribution in [3.05, 3.63) is 34.3 Å². The third-order valence-corrected chi connectivity index (χ3v) is 4.05. The van der Waals surface area contributed by atoms with Crippen LogP contribution in [0.25, 0.3) is 0 Å². The van der Waals surface area contributed by atoms with E-state index in [-0.39, 0.29) is 0 Å². The molecule has 0 spiro atoms. The molecule has 0 bridgehead atoms. The summed E-state index contributed by atoms with van der Waals surface area (Å²) in [6.45, 7) is 0.503. The molecule has 0 atom stereocenters. The Morgan fingerprint density at radius 1 is 1.47 bits per heavy atom. The molecule has 0 saturated carbocycles. The second kappa shape index (κ2) is 4.94. The molecule has 6 heteroatoms. The van der Waals surface area contributed by atoms with Gasteiger partial charge >= 0.3 is 0 Å². The van der Waals surface area contributed by atoms with Crippen LogP contribution in [0.1, 0.15) is 5.56 Å². The molecule has 2 N–H and O–H groups in total. The number of benzene rings is 1. The largest absolute Gasteiger partial charge is 0.326 e. The first-order chi connectivity index (χ1) is 7.29. The maximum atomic E-state index is 6.11. The van der Waals surface area contributed by atoms with Crippen LogP contribution in [0.4, 0.5) is 0 Å². The Balaban J connectivity index is 2.22. The Labute approximate surface area is 101 Å². The highest BCUT2D eigenvalue weighted by Crippen LogP contribution is 2.34. The second-order valence-corrected chi connectivity index (χ2v) is 5.31. The summed E-state index contributed by atoms with van der Waals surface area (Å²) < 4.78 is 0.886. The van der Waals surface area contributed by atoms with E-state index in [0.29, 0.717) is 11.6 Å². The molecule has 0 radical (unpaired) electrons. The van der Waals surface area contributed by atoms with Crippen molar-refractivity contribution in [2.24, 2.45) is 5.73 Å². The summed E-state index contributed by atoms with van der Waals surface area (Å²) in [6, 6.07) is 5.80. The Morgan fingerprint density at radius 3 is 2.93 bits per heavy atom. The predicted octanol–water partition coefficient (Wildman–Crippen LogP) is 2.80. The molecule has 1 heterocycles. The van der Waals surface area contributed by atoms with Gasteiger partial charge in [0, 0.05) is 11.4 Å². The maximum Gasteiger partial charge on any atom is 0.178 e. The van der Waals surface area contributed by atoms with Crippen molar-refractivity contribution in [2.75, 3.05) is 0 Å². The first kappa shape index (κ1) is 10.9. The standard InChI is InChI=1S/C9H8ClN3S2/c10-7-3-6(4-11)1-2-8(7)15-9-13-12-5-14-9/h1-3,5H,4,11H2. The fourth-order valence-electron chi connectivity index (χ4n) is 1.06. The zero-order valence-corrected chi connectivity index (χ0v) is 10.1. The van der Waals surface area contributed by atoms with Crippen LogP contribution >= 0.6 is 34.7 Å². The van der Waals surface area contributed by atoms with Crippen LogP contribution in [0.3, 0.4) is 0 Å². The SMILES string of the molecule is NCc1ccc(Sc2nncs2)c(Cl)c1. The van der Waals surface area contributed by atoms with Crippen LogP contribution in [-0.4, -0.2) is 10.2 Å². The van der Waals surface area contributed by atoms with E-state index in [1.54, 1.807) is 5.51 Å². The fraction of sp³-hybridized carbons (Fsp3) is 0.111. The lowest BCUT2D eigenvalue weighted by atomic mass is 10.2. The van der Waals surface area contributed by atoms with Crippen molar-refractivity contribution < 1.29 is 0 Å².